The molecule has 0 bridgehead atoms. The lowest BCUT2D eigenvalue weighted by Gasteiger charge is -2.12. The summed E-state index contributed by atoms with van der Waals surface area (Å²) in [5, 5.41) is 4.09. The smallest absolute Gasteiger partial charge is 0.399 e. The van der Waals surface area contributed by atoms with Crippen molar-refractivity contribution in [3.05, 3.63) is 24.3 Å². The lowest BCUT2D eigenvalue weighted by Crippen LogP contribution is -2.31. The van der Waals surface area contributed by atoms with Crippen molar-refractivity contribution >= 4 is 23.0 Å². The van der Waals surface area contributed by atoms with E-state index in [9.17, 15) is 18.0 Å². The monoisotopic (exact) mass is 257 g/mol. The molecule has 96 valence electrons. The molecule has 2 rings (SSSR count). The van der Waals surface area contributed by atoms with Gasteiger partial charge in [-0.1, -0.05) is 6.07 Å². The summed E-state index contributed by atoms with van der Waals surface area (Å²) in [7, 11) is 0. The molecule has 1 aromatic rings. The first-order valence-corrected chi connectivity index (χ1v) is 5.16. The Labute approximate surface area is 101 Å². The molecule has 0 saturated heterocycles. The Bertz CT molecular complexity index is 525. The summed E-state index contributed by atoms with van der Waals surface area (Å²) in [5.74, 6) is -2.01. The molecule has 1 heterocycles. The van der Waals surface area contributed by atoms with Crippen LogP contribution in [0.25, 0.3) is 0 Å². The van der Waals surface area contributed by atoms with Crippen LogP contribution in [0.1, 0.15) is 6.92 Å². The Kier molecular flexibility index (Phi) is 2.76. The van der Waals surface area contributed by atoms with Crippen LogP contribution in [0, 0.1) is 5.92 Å². The van der Waals surface area contributed by atoms with E-state index in [-0.39, 0.29) is 5.69 Å². The molecule has 1 aliphatic heterocycles. The van der Waals surface area contributed by atoms with E-state index in [4.69, 9.17) is 5.73 Å². The van der Waals surface area contributed by atoms with Crippen molar-refractivity contribution in [1.82, 2.24) is 0 Å². The maximum atomic E-state index is 12.6. The van der Waals surface area contributed by atoms with Crippen LogP contribution in [-0.2, 0) is 4.79 Å². The Morgan fingerprint density at radius 2 is 2.06 bits per heavy atom. The molecule has 0 saturated carbocycles. The average molecular weight is 257 g/mol. The molecule has 0 aromatic heterocycles. The summed E-state index contributed by atoms with van der Waals surface area (Å²) in [5.41, 5.74) is 5.01. The van der Waals surface area contributed by atoms with E-state index >= 15 is 0 Å². The van der Waals surface area contributed by atoms with Gasteiger partial charge in [-0.3, -0.25) is 4.79 Å². The number of benzene rings is 1. The van der Waals surface area contributed by atoms with Gasteiger partial charge in [0.05, 0.1) is 11.6 Å². The summed E-state index contributed by atoms with van der Waals surface area (Å²) in [6, 6.07) is 5.99. The molecule has 1 unspecified atom stereocenters. The number of hydrogen-bond donors (Lipinski definition) is 1. The molecular weight excluding hydrogens is 247 g/mol. The van der Waals surface area contributed by atoms with Gasteiger partial charge in [0, 0.05) is 5.69 Å². The second kappa shape index (κ2) is 4.01. The van der Waals surface area contributed by atoms with Gasteiger partial charge in [0.2, 0.25) is 0 Å². The predicted molar refractivity (Wildman–Crippen MR) is 61.0 cm³/mol. The van der Waals surface area contributed by atoms with Gasteiger partial charge in [-0.15, -0.1) is 0 Å². The minimum Gasteiger partial charge on any atom is -0.399 e. The van der Waals surface area contributed by atoms with Crippen molar-refractivity contribution in [2.45, 2.75) is 13.1 Å². The highest BCUT2D eigenvalue weighted by Crippen LogP contribution is 2.31. The number of nitrogens with two attached hydrogens (primary N) is 1. The van der Waals surface area contributed by atoms with Gasteiger partial charge in [0.1, 0.15) is 0 Å². The first-order valence-electron chi connectivity index (χ1n) is 5.16. The SMILES string of the molecule is CC1C(=O)N(c2cccc(N)c2)N=C1C(F)(F)F. The topological polar surface area (TPSA) is 58.7 Å². The van der Waals surface area contributed by atoms with Gasteiger partial charge in [-0.2, -0.15) is 23.3 Å². The number of nitrogens with zero attached hydrogens (tertiary/aromatic N) is 2. The summed E-state index contributed by atoms with van der Waals surface area (Å²) >= 11 is 0. The highest BCUT2D eigenvalue weighted by Gasteiger charge is 2.48. The molecule has 1 atom stereocenters. The fourth-order valence-electron chi connectivity index (χ4n) is 1.69. The van der Waals surface area contributed by atoms with Crippen molar-refractivity contribution in [1.29, 1.82) is 0 Å². The second-order valence-electron chi connectivity index (χ2n) is 3.95. The number of amides is 1. The van der Waals surface area contributed by atoms with Crippen molar-refractivity contribution in [2.75, 3.05) is 10.7 Å². The standard InChI is InChI=1S/C11H10F3N3O/c1-6-9(11(12,13)14)16-17(10(6)18)8-4-2-3-7(15)5-8/h2-6H,15H2,1H3. The molecule has 0 aliphatic carbocycles. The van der Waals surface area contributed by atoms with Crippen molar-refractivity contribution in [2.24, 2.45) is 11.0 Å². The largest absolute Gasteiger partial charge is 0.432 e. The number of halogens is 3. The van der Waals surface area contributed by atoms with Gasteiger partial charge < -0.3 is 5.73 Å². The normalized spacial score (nSPS) is 20.2. The Morgan fingerprint density at radius 3 is 2.56 bits per heavy atom. The van der Waals surface area contributed by atoms with Crippen LogP contribution in [0.3, 0.4) is 0 Å². The van der Waals surface area contributed by atoms with Crippen LogP contribution in [0.4, 0.5) is 24.5 Å². The van der Waals surface area contributed by atoms with Crippen LogP contribution in [0.2, 0.25) is 0 Å². The lowest BCUT2D eigenvalue weighted by atomic mass is 10.1. The summed E-state index contributed by atoms with van der Waals surface area (Å²) in [6.45, 7) is 1.18. The maximum Gasteiger partial charge on any atom is 0.432 e. The number of hydrogen-bond acceptors (Lipinski definition) is 3. The second-order valence-corrected chi connectivity index (χ2v) is 3.95. The number of hydrazone groups is 1. The van der Waals surface area contributed by atoms with Crippen LogP contribution in [0.15, 0.2) is 29.4 Å². The molecule has 7 heteroatoms. The van der Waals surface area contributed by atoms with Gasteiger partial charge in [-0.05, 0) is 25.1 Å². The molecular formula is C11H10F3N3O. The van der Waals surface area contributed by atoms with Crippen molar-refractivity contribution < 1.29 is 18.0 Å². The van der Waals surface area contributed by atoms with Crippen molar-refractivity contribution in [3.63, 3.8) is 0 Å². The van der Waals surface area contributed by atoms with E-state index in [0.29, 0.717) is 5.69 Å². The number of anilines is 2. The Balaban J connectivity index is 2.41. The number of rotatable bonds is 1. The molecule has 0 fully saturated rings. The first kappa shape index (κ1) is 12.4. The molecule has 1 aromatic carbocycles. The van der Waals surface area contributed by atoms with Crippen LogP contribution in [-0.4, -0.2) is 17.8 Å². The number of carbonyl (C=O) groups excluding carboxylic acids is 1. The summed E-state index contributed by atoms with van der Waals surface area (Å²) in [4.78, 5) is 11.7. The lowest BCUT2D eigenvalue weighted by molar-refractivity contribution is -0.120. The Hall–Kier alpha value is -2.05. The fraction of sp³-hybridized carbons (Fsp3) is 0.273. The third kappa shape index (κ3) is 2.03. The van der Waals surface area contributed by atoms with Gasteiger partial charge in [0.15, 0.2) is 5.71 Å². The maximum absolute atomic E-state index is 12.6. The van der Waals surface area contributed by atoms with E-state index in [0.717, 1.165) is 5.01 Å². The van der Waals surface area contributed by atoms with E-state index in [1.807, 2.05) is 0 Å². The van der Waals surface area contributed by atoms with Gasteiger partial charge >= 0.3 is 6.18 Å². The molecule has 2 N–H and O–H groups in total. The third-order valence-electron chi connectivity index (χ3n) is 2.60. The summed E-state index contributed by atoms with van der Waals surface area (Å²) < 4.78 is 37.9. The minimum atomic E-state index is -4.61. The quantitative estimate of drug-likeness (QED) is 0.784. The molecule has 1 aliphatic rings. The predicted octanol–water partition coefficient (Wildman–Crippen LogP) is 2.17. The zero-order valence-corrected chi connectivity index (χ0v) is 9.40. The minimum absolute atomic E-state index is 0.228. The zero-order chi connectivity index (χ0) is 13.5. The van der Waals surface area contributed by atoms with E-state index in [1.54, 1.807) is 12.1 Å². The number of nitrogen functional groups attached to an aromatic ring is 1. The molecule has 1 amide bonds. The van der Waals surface area contributed by atoms with Gasteiger partial charge in [0.25, 0.3) is 5.91 Å². The molecule has 0 spiro atoms. The first-order chi connectivity index (χ1) is 8.30. The van der Waals surface area contributed by atoms with Gasteiger partial charge in [-0.25, -0.2) is 0 Å². The Morgan fingerprint density at radius 1 is 1.39 bits per heavy atom. The van der Waals surface area contributed by atoms with E-state index in [1.165, 1.54) is 19.1 Å². The fourth-order valence-corrected chi connectivity index (χ4v) is 1.69. The highest BCUT2D eigenvalue weighted by molar-refractivity contribution is 6.17. The van der Waals surface area contributed by atoms with Crippen LogP contribution < -0.4 is 10.7 Å². The average Bonchev–Trinajstić information content (AvgIpc) is 2.55. The van der Waals surface area contributed by atoms with Crippen LogP contribution in [0.5, 0.6) is 0 Å². The third-order valence-corrected chi connectivity index (χ3v) is 2.60. The van der Waals surface area contributed by atoms with E-state index in [2.05, 4.69) is 5.10 Å². The number of carbonyl (C=O) groups is 1. The van der Waals surface area contributed by atoms with Crippen molar-refractivity contribution in [3.8, 4) is 0 Å². The van der Waals surface area contributed by atoms with Crippen LogP contribution >= 0.6 is 0 Å². The number of alkyl halides is 3. The summed E-state index contributed by atoms with van der Waals surface area (Å²) in [6.07, 6.45) is -4.61. The molecule has 4 nitrogen and oxygen atoms in total. The molecule has 0 radical (unpaired) electrons. The van der Waals surface area contributed by atoms with E-state index < -0.39 is 23.7 Å². The zero-order valence-electron chi connectivity index (χ0n) is 9.40. The highest BCUT2D eigenvalue weighted by atomic mass is 19.4. The molecule has 18 heavy (non-hydrogen) atoms.